The number of nitrogens with one attached hydrogen (secondary N) is 1. The molecule has 0 bridgehead atoms. The molecule has 0 saturated heterocycles. The first-order valence-electron chi connectivity index (χ1n) is 4.48. The molecule has 4 nitrogen and oxygen atoms in total. The van der Waals surface area contributed by atoms with E-state index in [2.05, 4.69) is 10.3 Å². The van der Waals surface area contributed by atoms with E-state index in [1.807, 2.05) is 20.8 Å². The van der Waals surface area contributed by atoms with Crippen LogP contribution < -0.4 is 11.1 Å². The topological polar surface area (TPSA) is 68.0 Å². The first-order chi connectivity index (χ1) is 6.49. The standard InChI is InChI=1S/C9H15N3OS.ClH/c1-5(10)4-8(13)12-9-6(2)11-7(3)14-9;/h5H,4,10H2,1-3H3,(H,12,13);1H. The molecule has 6 heteroatoms. The zero-order valence-electron chi connectivity index (χ0n) is 9.03. The van der Waals surface area contributed by atoms with E-state index in [-0.39, 0.29) is 24.4 Å². The number of nitrogens with zero attached hydrogens (tertiary/aromatic N) is 1. The van der Waals surface area contributed by atoms with Gasteiger partial charge in [0.25, 0.3) is 0 Å². The third kappa shape index (κ3) is 4.59. The lowest BCUT2D eigenvalue weighted by atomic mass is 10.2. The van der Waals surface area contributed by atoms with Gasteiger partial charge in [0, 0.05) is 12.5 Å². The molecule has 0 saturated carbocycles. The van der Waals surface area contributed by atoms with Crippen molar-refractivity contribution in [3.63, 3.8) is 0 Å². The minimum absolute atomic E-state index is 0. The Hall–Kier alpha value is -0.650. The second-order valence-electron chi connectivity index (χ2n) is 3.38. The van der Waals surface area contributed by atoms with Crippen LogP contribution in [0.1, 0.15) is 24.0 Å². The Kier molecular flexibility index (Phi) is 5.79. The minimum Gasteiger partial charge on any atom is -0.327 e. The molecular weight excluding hydrogens is 234 g/mol. The van der Waals surface area contributed by atoms with Crippen molar-refractivity contribution in [1.82, 2.24) is 4.98 Å². The van der Waals surface area contributed by atoms with Crippen LogP contribution in [0.3, 0.4) is 0 Å². The van der Waals surface area contributed by atoms with Crippen LogP contribution >= 0.6 is 23.7 Å². The highest BCUT2D eigenvalue weighted by Crippen LogP contribution is 2.23. The summed E-state index contributed by atoms with van der Waals surface area (Å²) >= 11 is 1.49. The van der Waals surface area contributed by atoms with Crippen LogP contribution in [0.25, 0.3) is 0 Å². The molecule has 0 aromatic carbocycles. The maximum atomic E-state index is 11.4. The quantitative estimate of drug-likeness (QED) is 0.859. The molecule has 15 heavy (non-hydrogen) atoms. The van der Waals surface area contributed by atoms with E-state index in [0.717, 1.165) is 15.7 Å². The summed E-state index contributed by atoms with van der Waals surface area (Å²) in [6.07, 6.45) is 0.344. The summed E-state index contributed by atoms with van der Waals surface area (Å²) in [5, 5.41) is 4.58. The fourth-order valence-electron chi connectivity index (χ4n) is 1.12. The Morgan fingerprint density at radius 3 is 2.60 bits per heavy atom. The zero-order valence-corrected chi connectivity index (χ0v) is 10.7. The number of aryl methyl sites for hydroxylation is 2. The Bertz CT molecular complexity index is 338. The van der Waals surface area contributed by atoms with E-state index in [9.17, 15) is 4.79 Å². The largest absolute Gasteiger partial charge is 0.327 e. The van der Waals surface area contributed by atoms with Crippen LogP contribution in [0.4, 0.5) is 5.00 Å². The lowest BCUT2D eigenvalue weighted by molar-refractivity contribution is -0.116. The van der Waals surface area contributed by atoms with Crippen molar-refractivity contribution in [2.75, 3.05) is 5.32 Å². The van der Waals surface area contributed by atoms with Gasteiger partial charge in [-0.1, -0.05) is 0 Å². The fourth-order valence-corrected chi connectivity index (χ4v) is 1.95. The van der Waals surface area contributed by atoms with Gasteiger partial charge in [0.05, 0.1) is 10.7 Å². The number of anilines is 1. The second-order valence-corrected chi connectivity index (χ2v) is 4.58. The van der Waals surface area contributed by atoms with Gasteiger partial charge in [0.15, 0.2) is 0 Å². The summed E-state index contributed by atoms with van der Waals surface area (Å²) < 4.78 is 0. The van der Waals surface area contributed by atoms with Crippen LogP contribution in [-0.4, -0.2) is 16.9 Å². The van der Waals surface area contributed by atoms with Gasteiger partial charge in [-0.2, -0.15) is 0 Å². The molecule has 1 amide bonds. The molecule has 0 radical (unpaired) electrons. The molecule has 0 aliphatic carbocycles. The normalized spacial score (nSPS) is 11.7. The molecular formula is C9H16ClN3OS. The summed E-state index contributed by atoms with van der Waals surface area (Å²) in [5.74, 6) is -0.0493. The molecule has 0 aliphatic rings. The van der Waals surface area contributed by atoms with Crippen molar-refractivity contribution in [3.8, 4) is 0 Å². The van der Waals surface area contributed by atoms with Crippen LogP contribution in [0.2, 0.25) is 0 Å². The summed E-state index contributed by atoms with van der Waals surface area (Å²) in [7, 11) is 0. The number of hydrogen-bond donors (Lipinski definition) is 2. The Labute approximate surface area is 99.7 Å². The Morgan fingerprint density at radius 2 is 2.20 bits per heavy atom. The molecule has 3 N–H and O–H groups in total. The van der Waals surface area contributed by atoms with E-state index < -0.39 is 0 Å². The summed E-state index contributed by atoms with van der Waals surface area (Å²) in [6, 6.07) is -0.107. The molecule has 1 aromatic rings. The van der Waals surface area contributed by atoms with E-state index in [1.165, 1.54) is 11.3 Å². The summed E-state index contributed by atoms with van der Waals surface area (Å²) in [6.45, 7) is 5.61. The fraction of sp³-hybridized carbons (Fsp3) is 0.556. The Morgan fingerprint density at radius 1 is 1.60 bits per heavy atom. The number of carbonyl (C=O) groups excluding carboxylic acids is 1. The van der Waals surface area contributed by atoms with Crippen LogP contribution in [0, 0.1) is 13.8 Å². The highest BCUT2D eigenvalue weighted by atomic mass is 35.5. The molecule has 1 atom stereocenters. The van der Waals surface area contributed by atoms with Crippen molar-refractivity contribution in [3.05, 3.63) is 10.7 Å². The number of amides is 1. The molecule has 0 fully saturated rings. The molecule has 1 rings (SSSR count). The summed E-state index contributed by atoms with van der Waals surface area (Å²) in [5.41, 5.74) is 6.38. The molecule has 1 unspecified atom stereocenters. The van der Waals surface area contributed by atoms with Gasteiger partial charge in [0.2, 0.25) is 5.91 Å². The van der Waals surface area contributed by atoms with Gasteiger partial charge >= 0.3 is 0 Å². The highest BCUT2D eigenvalue weighted by molar-refractivity contribution is 7.16. The number of halogens is 1. The number of aromatic nitrogens is 1. The molecule has 1 heterocycles. The van der Waals surface area contributed by atoms with E-state index in [4.69, 9.17) is 5.73 Å². The van der Waals surface area contributed by atoms with Crippen molar-refractivity contribution < 1.29 is 4.79 Å². The van der Waals surface area contributed by atoms with Gasteiger partial charge in [-0.25, -0.2) is 4.98 Å². The van der Waals surface area contributed by atoms with Crippen molar-refractivity contribution in [1.29, 1.82) is 0 Å². The average molecular weight is 250 g/mol. The van der Waals surface area contributed by atoms with Gasteiger partial charge < -0.3 is 11.1 Å². The van der Waals surface area contributed by atoms with Gasteiger partial charge in [-0.05, 0) is 20.8 Å². The Balaban J connectivity index is 0.00000196. The van der Waals surface area contributed by atoms with Gasteiger partial charge in [-0.15, -0.1) is 23.7 Å². The third-order valence-corrected chi connectivity index (χ3v) is 2.65. The monoisotopic (exact) mass is 249 g/mol. The zero-order chi connectivity index (χ0) is 10.7. The van der Waals surface area contributed by atoms with E-state index in [0.29, 0.717) is 6.42 Å². The smallest absolute Gasteiger partial charge is 0.226 e. The number of thiazole rings is 1. The molecule has 1 aromatic heterocycles. The molecule has 86 valence electrons. The van der Waals surface area contributed by atoms with E-state index >= 15 is 0 Å². The first-order valence-corrected chi connectivity index (χ1v) is 5.30. The predicted octanol–water partition coefficient (Wildman–Crippen LogP) is 1.86. The van der Waals surface area contributed by atoms with Crippen molar-refractivity contribution in [2.24, 2.45) is 5.73 Å². The average Bonchev–Trinajstić information content (AvgIpc) is 2.28. The lowest BCUT2D eigenvalue weighted by Crippen LogP contribution is -2.23. The molecule has 0 aliphatic heterocycles. The minimum atomic E-state index is -0.107. The van der Waals surface area contributed by atoms with Crippen molar-refractivity contribution >= 4 is 34.7 Å². The predicted molar refractivity (Wildman–Crippen MR) is 65.7 cm³/mol. The maximum absolute atomic E-state index is 11.4. The number of hydrogen-bond acceptors (Lipinski definition) is 4. The number of carbonyl (C=O) groups is 1. The third-order valence-electron chi connectivity index (χ3n) is 1.66. The second kappa shape index (κ2) is 6.05. The number of rotatable bonds is 3. The summed E-state index contributed by atoms with van der Waals surface area (Å²) in [4.78, 5) is 15.6. The van der Waals surface area contributed by atoms with Gasteiger partial charge in [-0.3, -0.25) is 4.79 Å². The van der Waals surface area contributed by atoms with Crippen LogP contribution in [-0.2, 0) is 4.79 Å². The SMILES string of the molecule is Cc1nc(C)c(NC(=O)CC(C)N)s1.Cl. The molecule has 0 spiro atoms. The lowest BCUT2D eigenvalue weighted by Gasteiger charge is -2.05. The van der Waals surface area contributed by atoms with Crippen molar-refractivity contribution in [2.45, 2.75) is 33.2 Å². The number of nitrogens with two attached hydrogens (primary N) is 1. The van der Waals surface area contributed by atoms with E-state index in [1.54, 1.807) is 0 Å². The maximum Gasteiger partial charge on any atom is 0.226 e. The van der Waals surface area contributed by atoms with Crippen LogP contribution in [0.5, 0.6) is 0 Å². The van der Waals surface area contributed by atoms with Crippen LogP contribution in [0.15, 0.2) is 0 Å². The van der Waals surface area contributed by atoms with Gasteiger partial charge in [0.1, 0.15) is 5.00 Å². The first kappa shape index (κ1) is 14.3. The highest BCUT2D eigenvalue weighted by Gasteiger charge is 2.09.